The number of rotatable bonds is 2. The van der Waals surface area contributed by atoms with Gasteiger partial charge in [0.25, 0.3) is 12.2 Å². The third kappa shape index (κ3) is 2.28. The normalized spacial score (nSPS) is 24.7. The molecule has 1 amide bonds. The van der Waals surface area contributed by atoms with Crippen LogP contribution in [0.2, 0.25) is 0 Å². The van der Waals surface area contributed by atoms with Crippen LogP contribution in [0.4, 0.5) is 10.1 Å². The summed E-state index contributed by atoms with van der Waals surface area (Å²) in [5, 5.41) is 8.46. The van der Waals surface area contributed by atoms with E-state index >= 15 is 0 Å². The highest BCUT2D eigenvalue weighted by molar-refractivity contribution is 6.06. The first-order valence-electron chi connectivity index (χ1n) is 8.70. The summed E-state index contributed by atoms with van der Waals surface area (Å²) in [7, 11) is 1.63. The number of aliphatic imine (C=N–C) groups is 1. The fraction of sp³-hybridized carbons (Fsp3) is 0.333. The number of benzene rings is 1. The molecule has 4 heterocycles. The minimum Gasteiger partial charge on any atom is -0.369 e. The van der Waals surface area contributed by atoms with E-state index in [1.807, 2.05) is 6.92 Å². The number of fused-ring (bicyclic) bond motifs is 3. The zero-order valence-electron chi connectivity index (χ0n) is 14.9. The molecule has 9 heteroatoms. The highest BCUT2D eigenvalue weighted by Crippen LogP contribution is 2.38. The zero-order valence-corrected chi connectivity index (χ0v) is 14.9. The number of anilines is 1. The number of carbonyl (C=O) groups excluding carboxylic acids is 1. The summed E-state index contributed by atoms with van der Waals surface area (Å²) in [5.41, 5.74) is 1.15. The number of aromatic nitrogens is 3. The Morgan fingerprint density at radius 3 is 3.00 bits per heavy atom. The van der Waals surface area contributed by atoms with Gasteiger partial charge in [-0.15, -0.1) is 5.10 Å². The predicted octanol–water partition coefficient (Wildman–Crippen LogP) is 2.13. The third-order valence-corrected chi connectivity index (χ3v) is 5.27. The van der Waals surface area contributed by atoms with Crippen molar-refractivity contribution in [2.75, 3.05) is 13.7 Å². The quantitative estimate of drug-likeness (QED) is 0.761. The van der Waals surface area contributed by atoms with Crippen LogP contribution in [0, 0.1) is 5.82 Å². The fourth-order valence-corrected chi connectivity index (χ4v) is 3.74. The molecule has 1 saturated heterocycles. The average Bonchev–Trinajstić information content (AvgIpc) is 3.38. The lowest BCUT2D eigenvalue weighted by Crippen LogP contribution is -2.41. The molecule has 1 radical (unpaired) electrons. The number of hydrogen-bond donors (Lipinski definition) is 0. The van der Waals surface area contributed by atoms with Gasteiger partial charge in [-0.25, -0.2) is 4.39 Å². The summed E-state index contributed by atoms with van der Waals surface area (Å²) >= 11 is 0. The molecule has 1 fully saturated rings. The van der Waals surface area contributed by atoms with Gasteiger partial charge in [-0.3, -0.25) is 9.69 Å². The van der Waals surface area contributed by atoms with Gasteiger partial charge in [0.1, 0.15) is 22.7 Å². The van der Waals surface area contributed by atoms with Crippen molar-refractivity contribution in [2.24, 2.45) is 4.99 Å². The van der Waals surface area contributed by atoms with Gasteiger partial charge in [0.2, 0.25) is 11.5 Å². The molecule has 1 aromatic carbocycles. The molecule has 0 N–H and O–H groups in total. The van der Waals surface area contributed by atoms with E-state index in [0.29, 0.717) is 29.5 Å². The van der Waals surface area contributed by atoms with Crippen molar-refractivity contribution >= 4 is 23.8 Å². The first-order valence-corrected chi connectivity index (χ1v) is 8.70. The molecular formula is C18H17FN6O2+. The van der Waals surface area contributed by atoms with E-state index in [1.54, 1.807) is 35.2 Å². The minimum absolute atomic E-state index is 0.292. The Bertz CT molecular complexity index is 1020. The Hall–Kier alpha value is -2.91. The Balaban J connectivity index is 1.60. The molecule has 1 aromatic heterocycles. The minimum atomic E-state index is -0.454. The molecule has 3 aliphatic heterocycles. The first-order chi connectivity index (χ1) is 13.0. The summed E-state index contributed by atoms with van der Waals surface area (Å²) in [6, 6.07) is 4.14. The van der Waals surface area contributed by atoms with Crippen molar-refractivity contribution in [2.45, 2.75) is 25.4 Å². The van der Waals surface area contributed by atoms with E-state index in [4.69, 9.17) is 4.74 Å². The van der Waals surface area contributed by atoms with E-state index in [1.165, 1.54) is 17.0 Å². The number of amides is 1. The van der Waals surface area contributed by atoms with Crippen molar-refractivity contribution in [3.63, 3.8) is 0 Å². The van der Waals surface area contributed by atoms with Crippen LogP contribution in [-0.4, -0.2) is 45.8 Å². The van der Waals surface area contributed by atoms with E-state index < -0.39 is 11.4 Å². The van der Waals surface area contributed by atoms with Crippen LogP contribution >= 0.6 is 0 Å². The molecule has 2 aromatic rings. The van der Waals surface area contributed by atoms with Gasteiger partial charge < -0.3 is 4.74 Å². The van der Waals surface area contributed by atoms with Gasteiger partial charge in [-0.1, -0.05) is 5.21 Å². The average molecular weight is 368 g/mol. The van der Waals surface area contributed by atoms with Crippen LogP contribution in [-0.2, 0) is 10.3 Å². The number of hydrogen-bond acceptors (Lipinski definition) is 6. The maximum atomic E-state index is 13.6. The van der Waals surface area contributed by atoms with Gasteiger partial charge in [-0.05, 0) is 36.8 Å². The lowest BCUT2D eigenvalue weighted by atomic mass is 10.00. The molecule has 137 valence electrons. The van der Waals surface area contributed by atoms with Gasteiger partial charge in [0, 0.05) is 19.7 Å². The van der Waals surface area contributed by atoms with Crippen LogP contribution in [0.5, 0.6) is 0 Å². The second-order valence-corrected chi connectivity index (χ2v) is 7.02. The highest BCUT2D eigenvalue weighted by atomic mass is 19.1. The fourth-order valence-electron chi connectivity index (χ4n) is 3.74. The topological polar surface area (TPSA) is 78.5 Å². The molecule has 1 atom stereocenters. The Kier molecular flexibility index (Phi) is 3.34. The predicted molar refractivity (Wildman–Crippen MR) is 94.6 cm³/mol. The summed E-state index contributed by atoms with van der Waals surface area (Å²) < 4.78 is 21.0. The van der Waals surface area contributed by atoms with Crippen LogP contribution in [0.1, 0.15) is 35.8 Å². The highest BCUT2D eigenvalue weighted by Gasteiger charge is 2.47. The number of nitrogens with zero attached hydrogens (tertiary/aromatic N) is 6. The summed E-state index contributed by atoms with van der Waals surface area (Å²) in [5.74, 6) is 0.268. The van der Waals surface area contributed by atoms with Gasteiger partial charge in [-0.2, -0.15) is 9.67 Å². The van der Waals surface area contributed by atoms with Gasteiger partial charge in [0.15, 0.2) is 0 Å². The van der Waals surface area contributed by atoms with Gasteiger partial charge in [0.05, 0.1) is 6.20 Å². The van der Waals surface area contributed by atoms with E-state index in [9.17, 15) is 9.18 Å². The summed E-state index contributed by atoms with van der Waals surface area (Å²) in [6.45, 7) is 2.70. The molecule has 5 rings (SSSR count). The first kappa shape index (κ1) is 16.3. The molecule has 3 aliphatic rings. The monoisotopic (exact) mass is 368 g/mol. The Labute approximate surface area is 154 Å². The maximum absolute atomic E-state index is 13.6. The number of ether oxygens (including phenoxy) is 1. The van der Waals surface area contributed by atoms with Crippen molar-refractivity contribution in [3.05, 3.63) is 47.3 Å². The third-order valence-electron chi connectivity index (χ3n) is 5.27. The Morgan fingerprint density at radius 2 is 2.22 bits per heavy atom. The molecule has 0 aliphatic carbocycles. The standard InChI is InChI=1S/C18H17FN6O2/c1-18(6-3-7-27-18)14-9-25(22-21-14)15-16-23(2)17(26)12-8-11(19)4-5-13(12)24(16)10-20-15/h4-5,8-10H,3,6-7H2,1-2H3/q+1. The molecule has 8 nitrogen and oxygen atoms in total. The molecular weight excluding hydrogens is 351 g/mol. The lowest BCUT2D eigenvalue weighted by Gasteiger charge is -2.23. The maximum Gasteiger partial charge on any atom is 0.318 e. The SMILES string of the molecule is CN1C(=O)c2cc(F)ccc2[N+]2C=NC(n3cc(C4(C)CCCO4)nn3)=C12. The molecule has 27 heavy (non-hydrogen) atoms. The zero-order chi connectivity index (χ0) is 18.8. The van der Waals surface area contributed by atoms with Crippen LogP contribution < -0.4 is 4.90 Å². The Morgan fingerprint density at radius 1 is 1.37 bits per heavy atom. The largest absolute Gasteiger partial charge is 0.369 e. The van der Waals surface area contributed by atoms with Crippen molar-refractivity contribution in [1.82, 2.24) is 24.8 Å². The number of halogens is 1. The van der Waals surface area contributed by atoms with Crippen LogP contribution in [0.3, 0.4) is 0 Å². The van der Waals surface area contributed by atoms with Crippen molar-refractivity contribution in [3.8, 4) is 0 Å². The van der Waals surface area contributed by atoms with E-state index in [2.05, 4.69) is 15.3 Å². The van der Waals surface area contributed by atoms with Crippen molar-refractivity contribution < 1.29 is 13.9 Å². The molecule has 0 saturated carbocycles. The molecule has 0 spiro atoms. The lowest BCUT2D eigenvalue weighted by molar-refractivity contribution is 0.0131. The molecule has 0 bridgehead atoms. The van der Waals surface area contributed by atoms with Crippen LogP contribution in [0.15, 0.2) is 35.2 Å². The number of carbonyl (C=O) groups is 1. The van der Waals surface area contributed by atoms with E-state index in [0.717, 1.165) is 18.5 Å². The second-order valence-electron chi connectivity index (χ2n) is 7.02. The van der Waals surface area contributed by atoms with Gasteiger partial charge >= 0.3 is 5.82 Å². The smallest absolute Gasteiger partial charge is 0.318 e. The molecule has 1 unspecified atom stereocenters. The second kappa shape index (κ2) is 5.54. The van der Waals surface area contributed by atoms with Crippen molar-refractivity contribution in [1.29, 1.82) is 0 Å². The van der Waals surface area contributed by atoms with E-state index in [-0.39, 0.29) is 5.91 Å². The summed E-state index contributed by atoms with van der Waals surface area (Å²) in [4.78, 5) is 20.4. The summed E-state index contributed by atoms with van der Waals surface area (Å²) in [6.07, 6.45) is 5.24. The van der Waals surface area contributed by atoms with Crippen LogP contribution in [0.25, 0.3) is 5.82 Å².